The number of hydrogen-bond donors (Lipinski definition) is 0. The van der Waals surface area contributed by atoms with E-state index in [1.54, 1.807) is 21.3 Å². The maximum atomic E-state index is 13.0. The topological polar surface area (TPSA) is 58.4 Å². The molecule has 0 spiro atoms. The zero-order valence-corrected chi connectivity index (χ0v) is 16.4. The standard InChI is InChI=1S/C19H24N4O2S/c1-13-10-16(24)18(20-23(13)14-8-6-5-7-9-14)19(25)22-11-15(21(2)3)17(12-22)26-4/h5-10,15,17H,11-12H2,1-4H3/t15-,17+/m1/s1. The molecule has 1 saturated heterocycles. The predicted molar refractivity (Wildman–Crippen MR) is 105 cm³/mol. The van der Waals surface area contributed by atoms with Crippen LogP contribution in [0.4, 0.5) is 0 Å². The molecule has 0 bridgehead atoms. The molecule has 1 aromatic heterocycles. The fourth-order valence-corrected chi connectivity index (χ4v) is 4.30. The Kier molecular flexibility index (Phi) is 5.48. The van der Waals surface area contributed by atoms with Gasteiger partial charge in [-0.25, -0.2) is 4.68 Å². The second-order valence-electron chi connectivity index (χ2n) is 6.76. The van der Waals surface area contributed by atoms with Gasteiger partial charge in [0.1, 0.15) is 0 Å². The Balaban J connectivity index is 1.94. The lowest BCUT2D eigenvalue weighted by Gasteiger charge is -2.23. The second kappa shape index (κ2) is 7.63. The molecule has 0 radical (unpaired) electrons. The van der Waals surface area contributed by atoms with Gasteiger partial charge in [-0.2, -0.15) is 16.9 Å². The predicted octanol–water partition coefficient (Wildman–Crippen LogP) is 1.66. The van der Waals surface area contributed by atoms with E-state index in [0.29, 0.717) is 24.0 Å². The summed E-state index contributed by atoms with van der Waals surface area (Å²) in [5.74, 6) is -0.289. The van der Waals surface area contributed by atoms with Gasteiger partial charge in [0, 0.05) is 36.1 Å². The average Bonchev–Trinajstić information content (AvgIpc) is 3.07. The van der Waals surface area contributed by atoms with Crippen molar-refractivity contribution in [2.75, 3.05) is 33.4 Å². The molecular weight excluding hydrogens is 348 g/mol. The van der Waals surface area contributed by atoms with Gasteiger partial charge in [-0.1, -0.05) is 18.2 Å². The molecule has 0 saturated carbocycles. The molecule has 138 valence electrons. The first-order valence-electron chi connectivity index (χ1n) is 8.57. The Morgan fingerprint density at radius 2 is 1.92 bits per heavy atom. The van der Waals surface area contributed by atoms with Crippen molar-refractivity contribution in [3.8, 4) is 5.69 Å². The highest BCUT2D eigenvalue weighted by Gasteiger charge is 2.37. The minimum absolute atomic E-state index is 0.0151. The molecule has 0 N–H and O–H groups in total. The minimum Gasteiger partial charge on any atom is -0.334 e. The van der Waals surface area contributed by atoms with E-state index in [9.17, 15) is 9.59 Å². The summed E-state index contributed by atoms with van der Waals surface area (Å²) in [7, 11) is 4.04. The van der Waals surface area contributed by atoms with Crippen molar-refractivity contribution in [2.45, 2.75) is 18.2 Å². The molecule has 1 amide bonds. The Labute approximate surface area is 157 Å². The first-order chi connectivity index (χ1) is 12.4. The van der Waals surface area contributed by atoms with Crippen LogP contribution in [0.15, 0.2) is 41.2 Å². The summed E-state index contributed by atoms with van der Waals surface area (Å²) in [5, 5.41) is 4.73. The van der Waals surface area contributed by atoms with Gasteiger partial charge in [-0.15, -0.1) is 0 Å². The van der Waals surface area contributed by atoms with Crippen LogP contribution in [0.3, 0.4) is 0 Å². The number of nitrogens with zero attached hydrogens (tertiary/aromatic N) is 4. The largest absolute Gasteiger partial charge is 0.334 e. The van der Waals surface area contributed by atoms with Crippen LogP contribution in [-0.4, -0.2) is 70.2 Å². The number of likely N-dealkylation sites (tertiary alicyclic amines) is 1. The number of likely N-dealkylation sites (N-methyl/N-ethyl adjacent to an activating group) is 1. The Hall–Kier alpha value is -2.12. The smallest absolute Gasteiger partial charge is 0.278 e. The molecule has 1 aromatic carbocycles. The van der Waals surface area contributed by atoms with Gasteiger partial charge in [0.25, 0.3) is 5.91 Å². The number of benzene rings is 1. The summed E-state index contributed by atoms with van der Waals surface area (Å²) in [6.07, 6.45) is 2.06. The van der Waals surface area contributed by atoms with Crippen LogP contribution < -0.4 is 5.43 Å². The molecule has 2 atom stereocenters. The van der Waals surface area contributed by atoms with Crippen LogP contribution in [-0.2, 0) is 0 Å². The van der Waals surface area contributed by atoms with Crippen LogP contribution in [0, 0.1) is 6.92 Å². The Morgan fingerprint density at radius 1 is 1.23 bits per heavy atom. The summed E-state index contributed by atoms with van der Waals surface area (Å²) in [4.78, 5) is 29.4. The lowest BCUT2D eigenvalue weighted by molar-refractivity contribution is 0.0774. The Morgan fingerprint density at radius 3 is 2.50 bits per heavy atom. The number of aromatic nitrogens is 2. The molecule has 6 nitrogen and oxygen atoms in total. The van der Waals surface area contributed by atoms with E-state index in [0.717, 1.165) is 5.69 Å². The first kappa shape index (κ1) is 18.7. The summed E-state index contributed by atoms with van der Waals surface area (Å²) < 4.78 is 1.65. The maximum Gasteiger partial charge on any atom is 0.278 e. The zero-order valence-electron chi connectivity index (χ0n) is 15.5. The number of carbonyl (C=O) groups is 1. The fourth-order valence-electron chi connectivity index (χ4n) is 3.33. The van der Waals surface area contributed by atoms with E-state index in [-0.39, 0.29) is 23.1 Å². The SMILES string of the molecule is CS[C@H]1CN(C(=O)c2nn(-c3ccccc3)c(C)cc2=O)C[C@H]1N(C)C. The molecule has 0 aliphatic carbocycles. The van der Waals surface area contributed by atoms with E-state index in [1.807, 2.05) is 51.4 Å². The van der Waals surface area contributed by atoms with Gasteiger partial charge in [-0.3, -0.25) is 9.59 Å². The molecule has 3 rings (SSSR count). The molecule has 26 heavy (non-hydrogen) atoms. The third kappa shape index (κ3) is 3.54. The average molecular weight is 372 g/mol. The molecule has 2 aromatic rings. The zero-order chi connectivity index (χ0) is 18.8. The third-order valence-corrected chi connectivity index (χ3v) is 5.87. The van der Waals surface area contributed by atoms with Crippen molar-refractivity contribution < 1.29 is 4.79 Å². The molecule has 1 aliphatic rings. The van der Waals surface area contributed by atoms with E-state index >= 15 is 0 Å². The van der Waals surface area contributed by atoms with Gasteiger partial charge in [-0.05, 0) is 39.4 Å². The maximum absolute atomic E-state index is 13.0. The number of carbonyl (C=O) groups excluding carboxylic acids is 1. The van der Waals surface area contributed by atoms with Crippen molar-refractivity contribution in [1.29, 1.82) is 0 Å². The van der Waals surface area contributed by atoms with Crippen LogP contribution in [0.1, 0.15) is 16.2 Å². The fraction of sp³-hybridized carbons (Fsp3) is 0.421. The van der Waals surface area contributed by atoms with Crippen LogP contribution in [0.25, 0.3) is 5.69 Å². The quantitative estimate of drug-likeness (QED) is 0.817. The molecule has 1 fully saturated rings. The van der Waals surface area contributed by atoms with Crippen molar-refractivity contribution in [2.24, 2.45) is 0 Å². The van der Waals surface area contributed by atoms with Crippen LogP contribution >= 0.6 is 11.8 Å². The lowest BCUT2D eigenvalue weighted by Crippen LogP contribution is -2.38. The van der Waals surface area contributed by atoms with E-state index in [4.69, 9.17) is 0 Å². The second-order valence-corrected chi connectivity index (χ2v) is 7.84. The van der Waals surface area contributed by atoms with E-state index in [2.05, 4.69) is 16.3 Å². The van der Waals surface area contributed by atoms with E-state index in [1.165, 1.54) is 6.07 Å². The summed E-state index contributed by atoms with van der Waals surface area (Å²) in [6.45, 7) is 3.05. The number of rotatable bonds is 4. The number of para-hydroxylation sites is 1. The van der Waals surface area contributed by atoms with Crippen LogP contribution in [0.2, 0.25) is 0 Å². The molecule has 7 heteroatoms. The lowest BCUT2D eigenvalue weighted by atomic mass is 10.2. The van der Waals surface area contributed by atoms with Crippen molar-refractivity contribution >= 4 is 17.7 Å². The van der Waals surface area contributed by atoms with Gasteiger partial charge in [0.05, 0.1) is 5.69 Å². The molecule has 0 unspecified atom stereocenters. The van der Waals surface area contributed by atoms with Gasteiger partial charge >= 0.3 is 0 Å². The molecule has 2 heterocycles. The number of hydrogen-bond acceptors (Lipinski definition) is 5. The third-order valence-electron chi connectivity index (χ3n) is 4.80. The van der Waals surface area contributed by atoms with Crippen molar-refractivity contribution in [3.05, 3.63) is 58.0 Å². The van der Waals surface area contributed by atoms with Crippen molar-refractivity contribution in [3.63, 3.8) is 0 Å². The van der Waals surface area contributed by atoms with Crippen LogP contribution in [0.5, 0.6) is 0 Å². The van der Waals surface area contributed by atoms with Crippen molar-refractivity contribution in [1.82, 2.24) is 19.6 Å². The van der Waals surface area contributed by atoms with E-state index < -0.39 is 0 Å². The monoisotopic (exact) mass is 372 g/mol. The summed E-state index contributed by atoms with van der Waals surface area (Å²) in [6, 6.07) is 11.3. The van der Waals surface area contributed by atoms with Gasteiger partial charge in [0.15, 0.2) is 5.69 Å². The molecular formula is C19H24N4O2S. The minimum atomic E-state index is -0.325. The normalized spacial score (nSPS) is 20.0. The first-order valence-corrected chi connectivity index (χ1v) is 9.86. The van der Waals surface area contributed by atoms with Gasteiger partial charge in [0.2, 0.25) is 5.43 Å². The number of thioether (sulfide) groups is 1. The highest BCUT2D eigenvalue weighted by Crippen LogP contribution is 2.24. The number of aryl methyl sites for hydroxylation is 1. The molecule has 1 aliphatic heterocycles. The highest BCUT2D eigenvalue weighted by atomic mass is 32.2. The van der Waals surface area contributed by atoms with Gasteiger partial charge < -0.3 is 9.80 Å². The summed E-state index contributed by atoms with van der Waals surface area (Å²) in [5.41, 5.74) is 1.19. The highest BCUT2D eigenvalue weighted by molar-refractivity contribution is 7.99. The summed E-state index contributed by atoms with van der Waals surface area (Å²) >= 11 is 1.75. The number of amides is 1. The Bertz CT molecular complexity index is 850.